The van der Waals surface area contributed by atoms with Gasteiger partial charge in [0.05, 0.1) is 12.7 Å². The van der Waals surface area contributed by atoms with Crippen molar-refractivity contribution >= 4 is 20.2 Å². The van der Waals surface area contributed by atoms with Crippen LogP contribution in [0.5, 0.6) is 0 Å². The van der Waals surface area contributed by atoms with Gasteiger partial charge in [0, 0.05) is 19.4 Å². The number of fused-ring (bicyclic) bond motifs is 1. The van der Waals surface area contributed by atoms with Gasteiger partial charge in [-0.1, -0.05) is 20.8 Å². The summed E-state index contributed by atoms with van der Waals surface area (Å²) in [6.07, 6.45) is 1.51. The van der Waals surface area contributed by atoms with Crippen molar-refractivity contribution in [1.82, 2.24) is 4.90 Å². The van der Waals surface area contributed by atoms with Gasteiger partial charge >= 0.3 is 5.97 Å². The number of carbonyl (C=O) groups is 2. The van der Waals surface area contributed by atoms with Crippen LogP contribution in [0.1, 0.15) is 47.0 Å². The van der Waals surface area contributed by atoms with Gasteiger partial charge in [0.25, 0.3) is 0 Å². The Bertz CT molecular complexity index is 471. The Kier molecular flexibility index (Phi) is 4.48. The number of rotatable bonds is 4. The first-order valence-electron chi connectivity index (χ1n) is 8.19. The van der Waals surface area contributed by atoms with E-state index in [0.29, 0.717) is 32.4 Å². The first-order valence-corrected chi connectivity index (χ1v) is 11.1. The Balaban J connectivity index is 2.17. The van der Waals surface area contributed by atoms with Gasteiger partial charge in [-0.15, -0.1) is 0 Å². The molecule has 0 bridgehead atoms. The Morgan fingerprint density at radius 2 is 2.05 bits per heavy atom. The average Bonchev–Trinajstić information content (AvgIpc) is 2.87. The number of esters is 1. The van der Waals surface area contributed by atoms with E-state index in [9.17, 15) is 9.59 Å². The summed E-state index contributed by atoms with van der Waals surface area (Å²) >= 11 is 0. The first kappa shape index (κ1) is 17.5. The third-order valence-electron chi connectivity index (χ3n) is 5.44. The van der Waals surface area contributed by atoms with Gasteiger partial charge in [0.2, 0.25) is 5.91 Å². The summed E-state index contributed by atoms with van der Waals surface area (Å²) in [6, 6.07) is 0. The molecule has 5 nitrogen and oxygen atoms in total. The highest BCUT2D eigenvalue weighted by Gasteiger charge is 2.59. The monoisotopic (exact) mass is 327 g/mol. The standard InChI is InChI=1S/C16H29NO4Si/c1-7-20-14(19)16-9-8-13(18)17(16)11-12(10-16)21-22(5,6)15(2,3)4/h12H,7-11H2,1-6H3/t12-,16+/m1/s1. The molecular formula is C16H29NO4Si. The number of amides is 1. The van der Waals surface area contributed by atoms with E-state index in [1.807, 2.05) is 0 Å². The molecule has 2 saturated heterocycles. The van der Waals surface area contributed by atoms with Crippen LogP contribution in [0.4, 0.5) is 0 Å². The van der Waals surface area contributed by atoms with Gasteiger partial charge in [0.1, 0.15) is 5.54 Å². The molecule has 2 heterocycles. The second-order valence-electron chi connectivity index (χ2n) is 7.96. The van der Waals surface area contributed by atoms with Crippen molar-refractivity contribution < 1.29 is 18.8 Å². The lowest BCUT2D eigenvalue weighted by Crippen LogP contribution is -2.48. The zero-order chi connectivity index (χ0) is 16.8. The molecule has 2 rings (SSSR count). The molecule has 0 aliphatic carbocycles. The number of ether oxygens (including phenoxy) is 1. The van der Waals surface area contributed by atoms with Crippen LogP contribution in [0.3, 0.4) is 0 Å². The minimum atomic E-state index is -1.92. The fraction of sp³-hybridized carbons (Fsp3) is 0.875. The molecule has 22 heavy (non-hydrogen) atoms. The summed E-state index contributed by atoms with van der Waals surface area (Å²) in [4.78, 5) is 26.3. The van der Waals surface area contributed by atoms with Crippen molar-refractivity contribution in [3.05, 3.63) is 0 Å². The molecule has 2 atom stereocenters. The maximum atomic E-state index is 12.4. The van der Waals surface area contributed by atoms with Crippen molar-refractivity contribution in [3.8, 4) is 0 Å². The van der Waals surface area contributed by atoms with Crippen LogP contribution in [0.15, 0.2) is 0 Å². The fourth-order valence-electron chi connectivity index (χ4n) is 3.19. The predicted molar refractivity (Wildman–Crippen MR) is 87.0 cm³/mol. The predicted octanol–water partition coefficient (Wildman–Crippen LogP) is 2.70. The summed E-state index contributed by atoms with van der Waals surface area (Å²) in [5.41, 5.74) is -0.778. The lowest BCUT2D eigenvalue weighted by Gasteiger charge is -2.38. The van der Waals surface area contributed by atoms with E-state index in [1.54, 1.807) is 11.8 Å². The smallest absolute Gasteiger partial charge is 0.332 e. The summed E-state index contributed by atoms with van der Waals surface area (Å²) in [7, 11) is -1.92. The van der Waals surface area contributed by atoms with Crippen LogP contribution in [0.2, 0.25) is 18.1 Å². The number of nitrogens with zero attached hydrogens (tertiary/aromatic N) is 1. The van der Waals surface area contributed by atoms with Crippen LogP contribution in [0.25, 0.3) is 0 Å². The Morgan fingerprint density at radius 1 is 1.41 bits per heavy atom. The molecular weight excluding hydrogens is 298 g/mol. The van der Waals surface area contributed by atoms with E-state index in [-0.39, 0.29) is 23.0 Å². The van der Waals surface area contributed by atoms with E-state index >= 15 is 0 Å². The number of hydrogen-bond donors (Lipinski definition) is 0. The van der Waals surface area contributed by atoms with Crippen LogP contribution in [-0.4, -0.2) is 49.9 Å². The summed E-state index contributed by atoms with van der Waals surface area (Å²) in [6.45, 7) is 13.7. The second kappa shape index (κ2) is 5.64. The third-order valence-corrected chi connectivity index (χ3v) is 9.98. The largest absolute Gasteiger partial charge is 0.464 e. The topological polar surface area (TPSA) is 55.8 Å². The van der Waals surface area contributed by atoms with E-state index in [4.69, 9.17) is 9.16 Å². The molecule has 0 radical (unpaired) electrons. The third kappa shape index (κ3) is 2.83. The average molecular weight is 327 g/mol. The van der Waals surface area contributed by atoms with Gasteiger partial charge < -0.3 is 14.1 Å². The molecule has 0 aromatic carbocycles. The highest BCUT2D eigenvalue weighted by Crippen LogP contribution is 2.45. The highest BCUT2D eigenvalue weighted by atomic mass is 28.4. The molecule has 0 aromatic rings. The SMILES string of the molecule is CCOC(=O)[C@@]12CCC(=O)N1C[C@H](O[Si](C)(C)C(C)(C)C)C2. The number of carbonyl (C=O) groups excluding carboxylic acids is 2. The zero-order valence-electron chi connectivity index (χ0n) is 14.7. The van der Waals surface area contributed by atoms with E-state index in [2.05, 4.69) is 33.9 Å². The van der Waals surface area contributed by atoms with Crippen molar-refractivity contribution in [2.75, 3.05) is 13.2 Å². The maximum absolute atomic E-state index is 12.4. The van der Waals surface area contributed by atoms with E-state index in [1.165, 1.54) is 0 Å². The van der Waals surface area contributed by atoms with Crippen LogP contribution in [-0.2, 0) is 18.8 Å². The van der Waals surface area contributed by atoms with Crippen molar-refractivity contribution in [2.45, 2.75) is 76.7 Å². The summed E-state index contributed by atoms with van der Waals surface area (Å²) in [5.74, 6) is -0.212. The zero-order valence-corrected chi connectivity index (χ0v) is 15.7. The molecule has 0 N–H and O–H groups in total. The maximum Gasteiger partial charge on any atom is 0.332 e. The normalized spacial score (nSPS) is 28.9. The molecule has 0 aromatic heterocycles. The Labute approximate surface area is 134 Å². The molecule has 6 heteroatoms. The molecule has 2 aliphatic rings. The van der Waals surface area contributed by atoms with Crippen molar-refractivity contribution in [2.24, 2.45) is 0 Å². The van der Waals surface area contributed by atoms with E-state index < -0.39 is 13.9 Å². The molecule has 0 saturated carbocycles. The van der Waals surface area contributed by atoms with Crippen LogP contribution >= 0.6 is 0 Å². The minimum absolute atomic E-state index is 0.0504. The van der Waals surface area contributed by atoms with Gasteiger partial charge in [0.15, 0.2) is 8.32 Å². The quantitative estimate of drug-likeness (QED) is 0.588. The lowest BCUT2D eigenvalue weighted by atomic mass is 9.93. The Morgan fingerprint density at radius 3 is 2.59 bits per heavy atom. The highest BCUT2D eigenvalue weighted by molar-refractivity contribution is 6.74. The molecule has 1 amide bonds. The van der Waals surface area contributed by atoms with Crippen molar-refractivity contribution in [1.29, 1.82) is 0 Å². The van der Waals surface area contributed by atoms with Gasteiger partial charge in [-0.3, -0.25) is 4.79 Å². The van der Waals surface area contributed by atoms with Crippen LogP contribution < -0.4 is 0 Å². The van der Waals surface area contributed by atoms with E-state index in [0.717, 1.165) is 0 Å². The number of hydrogen-bond acceptors (Lipinski definition) is 4. The Hall–Kier alpha value is -0.883. The van der Waals surface area contributed by atoms with Gasteiger partial charge in [-0.05, 0) is 31.5 Å². The molecule has 0 unspecified atom stereocenters. The van der Waals surface area contributed by atoms with Crippen LogP contribution in [0, 0.1) is 0 Å². The molecule has 2 fully saturated rings. The second-order valence-corrected chi connectivity index (χ2v) is 12.7. The molecule has 2 aliphatic heterocycles. The molecule has 0 spiro atoms. The first-order chi connectivity index (χ1) is 10.0. The lowest BCUT2D eigenvalue weighted by molar-refractivity contribution is -0.157. The minimum Gasteiger partial charge on any atom is -0.464 e. The van der Waals surface area contributed by atoms with Gasteiger partial charge in [-0.25, -0.2) is 4.79 Å². The molecule has 126 valence electrons. The fourth-order valence-corrected chi connectivity index (χ4v) is 4.53. The summed E-state index contributed by atoms with van der Waals surface area (Å²) < 4.78 is 11.7. The van der Waals surface area contributed by atoms with Crippen molar-refractivity contribution in [3.63, 3.8) is 0 Å². The summed E-state index contributed by atoms with van der Waals surface area (Å²) in [5, 5.41) is 0.112. The van der Waals surface area contributed by atoms with Gasteiger partial charge in [-0.2, -0.15) is 0 Å².